The van der Waals surface area contributed by atoms with Crippen LogP contribution in [0.25, 0.3) is 20.7 Å². The van der Waals surface area contributed by atoms with E-state index in [0.29, 0.717) is 25.5 Å². The van der Waals surface area contributed by atoms with Crippen molar-refractivity contribution in [2.75, 3.05) is 25.4 Å². The van der Waals surface area contributed by atoms with Crippen LogP contribution in [0.4, 0.5) is 5.82 Å². The van der Waals surface area contributed by atoms with Crippen LogP contribution in [0, 0.1) is 6.92 Å². The van der Waals surface area contributed by atoms with Gasteiger partial charge in [0.2, 0.25) is 5.91 Å². The maximum absolute atomic E-state index is 12.8. The van der Waals surface area contributed by atoms with Gasteiger partial charge in [-0.1, -0.05) is 17.7 Å². The van der Waals surface area contributed by atoms with Crippen LogP contribution in [0.5, 0.6) is 0 Å². The van der Waals surface area contributed by atoms with E-state index >= 15 is 0 Å². The molecule has 1 aromatic carbocycles. The first-order chi connectivity index (χ1) is 15.5. The van der Waals surface area contributed by atoms with Crippen LogP contribution >= 0.6 is 34.3 Å². The van der Waals surface area contributed by atoms with Crippen LogP contribution in [0.15, 0.2) is 42.7 Å². The molecule has 2 N–H and O–H groups in total. The van der Waals surface area contributed by atoms with Crippen LogP contribution in [0.1, 0.15) is 16.0 Å². The van der Waals surface area contributed by atoms with E-state index in [4.69, 9.17) is 17.3 Å². The Labute approximate surface area is 199 Å². The second-order valence-corrected chi connectivity index (χ2v) is 10.8. The summed E-state index contributed by atoms with van der Waals surface area (Å²) in [7, 11) is 0. The molecule has 0 aliphatic carbocycles. The van der Waals surface area contributed by atoms with Gasteiger partial charge in [0, 0.05) is 46.2 Å². The summed E-state index contributed by atoms with van der Waals surface area (Å²) in [4.78, 5) is 29.0. The fourth-order valence-electron chi connectivity index (χ4n) is 4.03. The van der Waals surface area contributed by atoms with Crippen molar-refractivity contribution in [3.8, 4) is 9.75 Å². The number of piperazine rings is 1. The number of nitrogens with zero attached hydrogens (tertiary/aromatic N) is 4. The summed E-state index contributed by atoms with van der Waals surface area (Å²) in [6.07, 6.45) is 1.47. The van der Waals surface area contributed by atoms with Crippen LogP contribution in [-0.2, 0) is 17.9 Å². The number of aromatic nitrogens is 2. The number of carbonyl (C=O) groups excluding carboxylic acids is 1. The highest BCUT2D eigenvalue weighted by Gasteiger charge is 2.25. The van der Waals surface area contributed by atoms with Gasteiger partial charge in [-0.05, 0) is 48.4 Å². The number of rotatable bonds is 5. The molecule has 1 aliphatic heterocycles. The largest absolute Gasteiger partial charge is 0.383 e. The number of nitrogen functional groups attached to an aromatic ring is 1. The molecule has 6 nitrogen and oxygen atoms in total. The number of carbonyl (C=O) groups is 1. The molecule has 32 heavy (non-hydrogen) atoms. The average Bonchev–Trinajstić information content (AvgIpc) is 3.35. The fourth-order valence-corrected chi connectivity index (χ4v) is 6.46. The molecule has 0 atom stereocenters. The Hall–Kier alpha value is -2.52. The minimum absolute atomic E-state index is 0.150. The summed E-state index contributed by atoms with van der Waals surface area (Å²) >= 11 is 9.50. The van der Waals surface area contributed by atoms with E-state index in [1.54, 1.807) is 22.7 Å². The lowest BCUT2D eigenvalue weighted by Crippen LogP contribution is -2.49. The molecule has 0 unspecified atom stereocenters. The molecule has 9 heteroatoms. The van der Waals surface area contributed by atoms with Gasteiger partial charge in [-0.2, -0.15) is 0 Å². The first kappa shape index (κ1) is 21.3. The lowest BCUT2D eigenvalue weighted by molar-refractivity contribution is -0.136. The van der Waals surface area contributed by atoms with Gasteiger partial charge < -0.3 is 10.6 Å². The molecule has 0 bridgehead atoms. The van der Waals surface area contributed by atoms with Gasteiger partial charge in [0.25, 0.3) is 0 Å². The summed E-state index contributed by atoms with van der Waals surface area (Å²) in [6, 6.07) is 12.2. The number of anilines is 1. The Balaban J connectivity index is 1.23. The predicted molar refractivity (Wildman–Crippen MR) is 132 cm³/mol. The van der Waals surface area contributed by atoms with Gasteiger partial charge in [-0.15, -0.1) is 22.7 Å². The zero-order valence-electron chi connectivity index (χ0n) is 17.5. The second kappa shape index (κ2) is 8.78. The quantitative estimate of drug-likeness (QED) is 0.441. The number of halogens is 1. The Kier molecular flexibility index (Phi) is 5.86. The van der Waals surface area contributed by atoms with Gasteiger partial charge in [0.1, 0.15) is 12.1 Å². The molecular weight excluding hydrogens is 462 g/mol. The third-order valence-corrected chi connectivity index (χ3v) is 8.28. The van der Waals surface area contributed by atoms with E-state index < -0.39 is 0 Å². The Morgan fingerprint density at radius 3 is 2.75 bits per heavy atom. The molecule has 0 saturated carbocycles. The van der Waals surface area contributed by atoms with E-state index in [2.05, 4.69) is 33.9 Å². The van der Waals surface area contributed by atoms with Gasteiger partial charge in [0.15, 0.2) is 0 Å². The van der Waals surface area contributed by atoms with Gasteiger partial charge >= 0.3 is 0 Å². The van der Waals surface area contributed by atoms with E-state index in [0.717, 1.165) is 33.9 Å². The number of amides is 1. The zero-order chi connectivity index (χ0) is 22.2. The number of nitrogens with two attached hydrogens (primary N) is 1. The molecule has 5 rings (SSSR count). The highest BCUT2D eigenvalue weighted by Crippen LogP contribution is 2.38. The number of benzene rings is 1. The summed E-state index contributed by atoms with van der Waals surface area (Å²) in [6.45, 7) is 5.49. The number of aryl methyl sites for hydroxylation is 1. The zero-order valence-corrected chi connectivity index (χ0v) is 19.9. The lowest BCUT2D eigenvalue weighted by atomic mass is 10.1. The first-order valence-corrected chi connectivity index (χ1v) is 12.3. The summed E-state index contributed by atoms with van der Waals surface area (Å²) in [5.41, 5.74) is 9.02. The first-order valence-electron chi connectivity index (χ1n) is 10.3. The fraction of sp³-hybridized carbons (Fsp3) is 0.261. The van der Waals surface area contributed by atoms with Crippen molar-refractivity contribution in [2.45, 2.75) is 20.0 Å². The van der Waals surface area contributed by atoms with Gasteiger partial charge in [0.05, 0.1) is 16.4 Å². The molecule has 164 valence electrons. The van der Waals surface area contributed by atoms with E-state index in [1.165, 1.54) is 26.5 Å². The molecule has 3 aromatic heterocycles. The van der Waals surface area contributed by atoms with Gasteiger partial charge in [-0.3, -0.25) is 9.69 Å². The van der Waals surface area contributed by atoms with Crippen LogP contribution in [0.2, 0.25) is 4.34 Å². The summed E-state index contributed by atoms with van der Waals surface area (Å²) < 4.78 is 0.804. The standard InChI is InChI=1S/C23H22ClN5OS2/c1-14-8-16(31-22(14)19-4-5-20(24)32-19)11-28-6-7-29(21(30)12-28)10-15-2-3-17-18(9-15)26-13-27-23(17)25/h2-5,8-9,13H,6-7,10-12H2,1H3,(H2,25,26,27). The molecule has 1 aliphatic rings. The highest BCUT2D eigenvalue weighted by atomic mass is 35.5. The minimum Gasteiger partial charge on any atom is -0.383 e. The molecule has 0 radical (unpaired) electrons. The van der Waals surface area contributed by atoms with Crippen molar-refractivity contribution in [3.05, 3.63) is 63.1 Å². The van der Waals surface area contributed by atoms with Crippen molar-refractivity contribution in [2.24, 2.45) is 0 Å². The lowest BCUT2D eigenvalue weighted by Gasteiger charge is -2.34. The maximum atomic E-state index is 12.8. The summed E-state index contributed by atoms with van der Waals surface area (Å²) in [5, 5.41) is 0.836. The molecule has 4 heterocycles. The Morgan fingerprint density at radius 2 is 1.97 bits per heavy atom. The van der Waals surface area contributed by atoms with Crippen molar-refractivity contribution < 1.29 is 4.79 Å². The SMILES string of the molecule is Cc1cc(CN2CCN(Cc3ccc4c(N)ncnc4c3)C(=O)C2)sc1-c1ccc(Cl)s1. The topological polar surface area (TPSA) is 75.3 Å². The third kappa shape index (κ3) is 4.36. The maximum Gasteiger partial charge on any atom is 0.237 e. The van der Waals surface area contributed by atoms with Crippen LogP contribution in [0.3, 0.4) is 0 Å². The van der Waals surface area contributed by atoms with Gasteiger partial charge in [-0.25, -0.2) is 9.97 Å². The normalized spacial score (nSPS) is 15.1. The molecular formula is C23H22ClN5OS2. The Bertz CT molecular complexity index is 1300. The van der Waals surface area contributed by atoms with E-state index in [1.807, 2.05) is 29.2 Å². The molecule has 4 aromatic rings. The second-order valence-electron chi connectivity index (χ2n) is 7.96. The highest BCUT2D eigenvalue weighted by molar-refractivity contribution is 7.24. The number of fused-ring (bicyclic) bond motifs is 1. The molecule has 1 amide bonds. The van der Waals surface area contributed by atoms with Crippen molar-refractivity contribution >= 4 is 56.9 Å². The van der Waals surface area contributed by atoms with E-state index in [-0.39, 0.29) is 5.91 Å². The molecule has 1 saturated heterocycles. The minimum atomic E-state index is 0.150. The summed E-state index contributed by atoms with van der Waals surface area (Å²) in [5.74, 6) is 0.623. The number of thiophene rings is 2. The number of hydrogen-bond acceptors (Lipinski definition) is 7. The average molecular weight is 484 g/mol. The van der Waals surface area contributed by atoms with Crippen LogP contribution < -0.4 is 5.73 Å². The van der Waals surface area contributed by atoms with E-state index in [9.17, 15) is 4.79 Å². The third-order valence-electron chi connectivity index (χ3n) is 5.65. The monoisotopic (exact) mass is 483 g/mol. The Morgan fingerprint density at radius 1 is 1.09 bits per heavy atom. The van der Waals surface area contributed by atoms with Crippen molar-refractivity contribution in [1.29, 1.82) is 0 Å². The van der Waals surface area contributed by atoms with Crippen LogP contribution in [-0.4, -0.2) is 45.3 Å². The number of hydrogen-bond donors (Lipinski definition) is 1. The predicted octanol–water partition coefficient (Wildman–Crippen LogP) is 4.81. The van der Waals surface area contributed by atoms with Crippen molar-refractivity contribution in [1.82, 2.24) is 19.8 Å². The molecule has 1 fully saturated rings. The van der Waals surface area contributed by atoms with Crippen molar-refractivity contribution in [3.63, 3.8) is 0 Å². The molecule has 0 spiro atoms. The smallest absolute Gasteiger partial charge is 0.237 e.